The molecule has 0 saturated carbocycles. The Balaban J connectivity index is 1.95. The van der Waals surface area contributed by atoms with Gasteiger partial charge >= 0.3 is 0 Å². The van der Waals surface area contributed by atoms with E-state index in [0.29, 0.717) is 11.6 Å². The molecule has 25 heavy (non-hydrogen) atoms. The molecule has 0 unspecified atom stereocenters. The number of aliphatic imine (C=N–C) groups is 2. The van der Waals surface area contributed by atoms with Crippen molar-refractivity contribution in [2.24, 2.45) is 21.5 Å². The van der Waals surface area contributed by atoms with Crippen LogP contribution in [0.25, 0.3) is 0 Å². The standard InChI is InChI=1S/C18H20ClN5O/c1-2-10-25-15-8-6-12(7-9-15)16-22-17(20)23-18(21)24(16)14-5-3-4-13(19)11-14/h3-9,11,16H,2,10H2,1H3,(H4,20,21,22,23)/t16-/m0/s1. The summed E-state index contributed by atoms with van der Waals surface area (Å²) in [5, 5.41) is 0.606. The molecule has 2 aromatic rings. The number of benzene rings is 2. The first kappa shape index (κ1) is 17.1. The van der Waals surface area contributed by atoms with Gasteiger partial charge in [-0.1, -0.05) is 36.7 Å². The van der Waals surface area contributed by atoms with Crippen molar-refractivity contribution in [2.45, 2.75) is 19.5 Å². The topological polar surface area (TPSA) is 89.2 Å². The average molecular weight is 358 g/mol. The summed E-state index contributed by atoms with van der Waals surface area (Å²) in [4.78, 5) is 10.3. The molecule has 6 nitrogen and oxygen atoms in total. The normalized spacial score (nSPS) is 17.0. The van der Waals surface area contributed by atoms with Crippen molar-refractivity contribution >= 4 is 29.2 Å². The number of ether oxygens (including phenoxy) is 1. The van der Waals surface area contributed by atoms with Crippen molar-refractivity contribution < 1.29 is 4.74 Å². The van der Waals surface area contributed by atoms with Gasteiger partial charge in [0.25, 0.3) is 0 Å². The maximum atomic E-state index is 6.12. The number of hydrogen-bond donors (Lipinski definition) is 2. The van der Waals surface area contributed by atoms with Crippen LogP contribution in [-0.2, 0) is 0 Å². The minimum absolute atomic E-state index is 0.145. The van der Waals surface area contributed by atoms with E-state index in [1.165, 1.54) is 0 Å². The summed E-state index contributed by atoms with van der Waals surface area (Å²) in [6.07, 6.45) is 0.539. The smallest absolute Gasteiger partial charge is 0.221 e. The molecule has 1 aliphatic heterocycles. The van der Waals surface area contributed by atoms with E-state index in [4.69, 9.17) is 27.8 Å². The van der Waals surface area contributed by atoms with E-state index in [1.54, 1.807) is 11.0 Å². The fourth-order valence-electron chi connectivity index (χ4n) is 2.59. The second-order valence-electron chi connectivity index (χ2n) is 5.60. The first-order valence-corrected chi connectivity index (χ1v) is 8.41. The van der Waals surface area contributed by atoms with Gasteiger partial charge in [0, 0.05) is 10.7 Å². The average Bonchev–Trinajstić information content (AvgIpc) is 2.59. The Hall–Kier alpha value is -2.73. The zero-order valence-corrected chi connectivity index (χ0v) is 14.6. The van der Waals surface area contributed by atoms with Gasteiger partial charge in [-0.2, -0.15) is 4.99 Å². The Morgan fingerprint density at radius 3 is 2.60 bits per heavy atom. The lowest BCUT2D eigenvalue weighted by Crippen LogP contribution is -2.44. The second-order valence-corrected chi connectivity index (χ2v) is 6.03. The van der Waals surface area contributed by atoms with Crippen LogP contribution in [0, 0.1) is 0 Å². The summed E-state index contributed by atoms with van der Waals surface area (Å²) in [7, 11) is 0. The van der Waals surface area contributed by atoms with E-state index in [0.717, 1.165) is 23.4 Å². The highest BCUT2D eigenvalue weighted by atomic mass is 35.5. The first-order valence-electron chi connectivity index (χ1n) is 8.03. The van der Waals surface area contributed by atoms with Crippen molar-refractivity contribution in [3.63, 3.8) is 0 Å². The van der Waals surface area contributed by atoms with Gasteiger partial charge in [0.15, 0.2) is 6.17 Å². The SMILES string of the molecule is CCCOc1ccc([C@H]2N=C(N)N=C(N)N2c2cccc(Cl)c2)cc1. The van der Waals surface area contributed by atoms with Crippen LogP contribution in [0.2, 0.25) is 5.02 Å². The summed E-state index contributed by atoms with van der Waals surface area (Å²) in [5.41, 5.74) is 13.7. The van der Waals surface area contributed by atoms with Gasteiger partial charge in [0.05, 0.1) is 6.61 Å². The van der Waals surface area contributed by atoms with Crippen LogP contribution >= 0.6 is 11.6 Å². The van der Waals surface area contributed by atoms with Crippen molar-refractivity contribution in [1.29, 1.82) is 0 Å². The molecule has 130 valence electrons. The van der Waals surface area contributed by atoms with Gasteiger partial charge in [0.2, 0.25) is 11.9 Å². The van der Waals surface area contributed by atoms with Crippen LogP contribution in [-0.4, -0.2) is 18.5 Å². The molecular formula is C18H20ClN5O. The largest absolute Gasteiger partial charge is 0.494 e. The highest BCUT2D eigenvalue weighted by Crippen LogP contribution is 2.32. The molecule has 4 N–H and O–H groups in total. The quantitative estimate of drug-likeness (QED) is 0.859. The number of guanidine groups is 2. The molecule has 1 heterocycles. The molecular weight excluding hydrogens is 338 g/mol. The fourth-order valence-corrected chi connectivity index (χ4v) is 2.77. The Kier molecular flexibility index (Phi) is 5.09. The van der Waals surface area contributed by atoms with E-state index in [1.807, 2.05) is 42.5 Å². The van der Waals surface area contributed by atoms with Crippen LogP contribution in [0.4, 0.5) is 5.69 Å². The van der Waals surface area contributed by atoms with Crippen molar-refractivity contribution in [2.75, 3.05) is 11.5 Å². The van der Waals surface area contributed by atoms with Crippen LogP contribution in [0.5, 0.6) is 5.75 Å². The second kappa shape index (κ2) is 7.44. The minimum Gasteiger partial charge on any atom is -0.494 e. The van der Waals surface area contributed by atoms with Gasteiger partial charge in [-0.25, -0.2) is 4.99 Å². The van der Waals surface area contributed by atoms with Gasteiger partial charge in [-0.3, -0.25) is 4.90 Å². The molecule has 0 radical (unpaired) electrons. The predicted octanol–water partition coefficient (Wildman–Crippen LogP) is 3.28. The van der Waals surface area contributed by atoms with Crippen molar-refractivity contribution in [3.05, 3.63) is 59.1 Å². The molecule has 0 aliphatic carbocycles. The Morgan fingerprint density at radius 1 is 1.16 bits per heavy atom. The number of nitrogens with zero attached hydrogens (tertiary/aromatic N) is 3. The van der Waals surface area contributed by atoms with Gasteiger partial charge < -0.3 is 16.2 Å². The maximum Gasteiger partial charge on any atom is 0.221 e. The monoisotopic (exact) mass is 357 g/mol. The molecule has 7 heteroatoms. The molecule has 1 atom stereocenters. The van der Waals surface area contributed by atoms with Crippen LogP contribution in [0.1, 0.15) is 25.1 Å². The lowest BCUT2D eigenvalue weighted by Gasteiger charge is -2.32. The summed E-state index contributed by atoms with van der Waals surface area (Å²) < 4.78 is 5.63. The fraction of sp³-hybridized carbons (Fsp3) is 0.222. The molecule has 2 aromatic carbocycles. The number of halogens is 1. The summed E-state index contributed by atoms with van der Waals surface area (Å²) in [6.45, 7) is 2.75. The lowest BCUT2D eigenvalue weighted by atomic mass is 10.1. The van der Waals surface area contributed by atoms with Gasteiger partial charge in [-0.05, 0) is 42.3 Å². The third-order valence-electron chi connectivity index (χ3n) is 3.71. The van der Waals surface area contributed by atoms with E-state index in [2.05, 4.69) is 16.9 Å². The molecule has 0 amide bonds. The van der Waals surface area contributed by atoms with Crippen LogP contribution < -0.4 is 21.1 Å². The number of rotatable bonds is 5. The lowest BCUT2D eigenvalue weighted by molar-refractivity contribution is 0.317. The molecule has 0 fully saturated rings. The van der Waals surface area contributed by atoms with Crippen LogP contribution in [0.3, 0.4) is 0 Å². The highest BCUT2D eigenvalue weighted by Gasteiger charge is 2.27. The summed E-state index contributed by atoms with van der Waals surface area (Å²) in [6, 6.07) is 15.1. The summed E-state index contributed by atoms with van der Waals surface area (Å²) >= 11 is 6.12. The third kappa shape index (κ3) is 3.85. The number of hydrogen-bond acceptors (Lipinski definition) is 6. The molecule has 0 spiro atoms. The molecule has 0 saturated heterocycles. The van der Waals surface area contributed by atoms with Crippen molar-refractivity contribution in [3.8, 4) is 5.75 Å². The zero-order chi connectivity index (χ0) is 17.8. The zero-order valence-electron chi connectivity index (χ0n) is 13.9. The van der Waals surface area contributed by atoms with E-state index < -0.39 is 6.17 Å². The maximum absolute atomic E-state index is 6.12. The number of anilines is 1. The minimum atomic E-state index is -0.420. The highest BCUT2D eigenvalue weighted by molar-refractivity contribution is 6.31. The van der Waals surface area contributed by atoms with Gasteiger partial charge in [-0.15, -0.1) is 0 Å². The number of nitrogens with two attached hydrogens (primary N) is 2. The third-order valence-corrected chi connectivity index (χ3v) is 3.95. The van der Waals surface area contributed by atoms with Crippen molar-refractivity contribution in [1.82, 2.24) is 0 Å². The molecule has 3 rings (SSSR count). The van der Waals surface area contributed by atoms with E-state index in [9.17, 15) is 0 Å². The molecule has 0 bridgehead atoms. The Labute approximate surface area is 151 Å². The first-order chi connectivity index (χ1) is 12.1. The molecule has 1 aliphatic rings. The van der Waals surface area contributed by atoms with E-state index >= 15 is 0 Å². The Morgan fingerprint density at radius 2 is 1.92 bits per heavy atom. The molecule has 0 aromatic heterocycles. The summed E-state index contributed by atoms with van der Waals surface area (Å²) in [5.74, 6) is 1.23. The van der Waals surface area contributed by atoms with Crippen LogP contribution in [0.15, 0.2) is 58.5 Å². The Bertz CT molecular complexity index is 803. The van der Waals surface area contributed by atoms with E-state index in [-0.39, 0.29) is 11.9 Å². The predicted molar refractivity (Wildman–Crippen MR) is 102 cm³/mol. The van der Waals surface area contributed by atoms with Gasteiger partial charge in [0.1, 0.15) is 5.75 Å².